The summed E-state index contributed by atoms with van der Waals surface area (Å²) in [6.45, 7) is 4.00. The summed E-state index contributed by atoms with van der Waals surface area (Å²) in [6, 6.07) is 10.6. The molecular formula is C19H24BrN5O3. The number of benzene rings is 2. The number of nitrogens with zero attached hydrogens (tertiary/aromatic N) is 3. The average Bonchev–Trinajstić information content (AvgIpc) is 2.66. The van der Waals surface area contributed by atoms with E-state index >= 15 is 0 Å². The van der Waals surface area contributed by atoms with Gasteiger partial charge in [0.15, 0.2) is 0 Å². The zero-order chi connectivity index (χ0) is 20.8. The number of carbonyl (C=O) groups excluding carboxylic acids is 1. The van der Waals surface area contributed by atoms with Crippen LogP contribution in [-0.2, 0) is 11.4 Å². The molecule has 0 radical (unpaired) electrons. The largest absolute Gasteiger partial charge is 0.488 e. The van der Waals surface area contributed by atoms with E-state index in [2.05, 4.69) is 21.1 Å². The Labute approximate surface area is 172 Å². The molecule has 8 nitrogen and oxygen atoms in total. The molecule has 4 N–H and O–H groups in total. The fraction of sp³-hybridized carbons (Fsp3) is 0.263. The summed E-state index contributed by atoms with van der Waals surface area (Å²) >= 11 is 3.52. The first-order valence-electron chi connectivity index (χ1n) is 8.42. The molecule has 0 heterocycles. The van der Waals surface area contributed by atoms with Crippen molar-refractivity contribution >= 4 is 33.4 Å². The van der Waals surface area contributed by atoms with Crippen molar-refractivity contribution in [1.82, 2.24) is 5.01 Å². The lowest BCUT2D eigenvalue weighted by molar-refractivity contribution is 0.213. The summed E-state index contributed by atoms with van der Waals surface area (Å²) in [5.74, 6) is 12.1. The minimum absolute atomic E-state index is 0.223. The number of halogens is 1. The molecule has 2 amide bonds. The number of rotatable bonds is 6. The zero-order valence-electron chi connectivity index (χ0n) is 16.3. The molecule has 0 aromatic heterocycles. The Balaban J connectivity index is 2.26. The van der Waals surface area contributed by atoms with Crippen LogP contribution >= 0.6 is 15.9 Å². The topological polar surface area (TPSA) is 106 Å². The van der Waals surface area contributed by atoms with E-state index in [0.717, 1.165) is 36.9 Å². The first-order chi connectivity index (χ1) is 13.3. The van der Waals surface area contributed by atoms with Crippen LogP contribution in [0.2, 0.25) is 0 Å². The van der Waals surface area contributed by atoms with Crippen molar-refractivity contribution < 1.29 is 14.4 Å². The van der Waals surface area contributed by atoms with Gasteiger partial charge in [0.2, 0.25) is 0 Å². The van der Waals surface area contributed by atoms with E-state index in [0.29, 0.717) is 11.4 Å². The maximum atomic E-state index is 12.1. The second-order valence-corrected chi connectivity index (χ2v) is 6.98. The molecule has 0 aliphatic carbocycles. The van der Waals surface area contributed by atoms with Gasteiger partial charge in [-0.1, -0.05) is 17.3 Å². The quantitative estimate of drug-likeness (QED) is 0.304. The summed E-state index contributed by atoms with van der Waals surface area (Å²) in [5, 5.41) is 5.85. The number of ether oxygens (including phenoxy) is 1. The molecule has 0 fully saturated rings. The molecule has 0 saturated carbocycles. The third-order valence-electron chi connectivity index (χ3n) is 4.10. The number of aryl methyl sites for hydroxylation is 1. The van der Waals surface area contributed by atoms with Crippen molar-refractivity contribution in [2.45, 2.75) is 20.5 Å². The minimum Gasteiger partial charge on any atom is -0.488 e. The second-order valence-electron chi connectivity index (χ2n) is 6.13. The fourth-order valence-corrected chi connectivity index (χ4v) is 3.05. The van der Waals surface area contributed by atoms with Crippen LogP contribution in [0.15, 0.2) is 46.0 Å². The van der Waals surface area contributed by atoms with Gasteiger partial charge < -0.3 is 9.57 Å². The number of carbonyl (C=O) groups is 1. The monoisotopic (exact) mass is 449 g/mol. The van der Waals surface area contributed by atoms with Crippen LogP contribution < -0.4 is 21.4 Å². The van der Waals surface area contributed by atoms with Gasteiger partial charge in [-0.25, -0.2) is 21.5 Å². The van der Waals surface area contributed by atoms with Crippen molar-refractivity contribution in [1.29, 1.82) is 0 Å². The first-order valence-corrected chi connectivity index (χ1v) is 9.21. The lowest BCUT2D eigenvalue weighted by Gasteiger charge is -2.24. The molecule has 0 aliphatic heterocycles. The Kier molecular flexibility index (Phi) is 7.38. The molecule has 150 valence electrons. The smallest absolute Gasteiger partial charge is 0.352 e. The number of hydrogen-bond acceptors (Lipinski definition) is 6. The van der Waals surface area contributed by atoms with E-state index in [-0.39, 0.29) is 6.61 Å². The highest BCUT2D eigenvalue weighted by Crippen LogP contribution is 2.29. The van der Waals surface area contributed by atoms with Crippen molar-refractivity contribution in [3.05, 3.63) is 57.6 Å². The van der Waals surface area contributed by atoms with E-state index in [1.54, 1.807) is 6.07 Å². The number of hydrogen-bond donors (Lipinski definition) is 2. The van der Waals surface area contributed by atoms with Crippen molar-refractivity contribution in [2.24, 2.45) is 16.8 Å². The minimum atomic E-state index is -0.537. The van der Waals surface area contributed by atoms with Crippen LogP contribution in [0.1, 0.15) is 23.6 Å². The Morgan fingerprint density at radius 2 is 1.96 bits per heavy atom. The Hall–Kier alpha value is -2.62. The molecule has 0 spiro atoms. The lowest BCUT2D eigenvalue weighted by atomic mass is 10.1. The van der Waals surface area contributed by atoms with Gasteiger partial charge in [-0.3, -0.25) is 5.01 Å². The Bertz CT molecular complexity index is 886. The Morgan fingerprint density at radius 3 is 2.57 bits per heavy atom. The number of amides is 2. The van der Waals surface area contributed by atoms with Crippen LogP contribution in [-0.4, -0.2) is 30.9 Å². The first kappa shape index (κ1) is 21.7. The number of urea groups is 1. The molecule has 0 aliphatic rings. The standard InChI is InChI=1S/C19H24BrN5O3/c1-12-6-5-7-17(25(22)19(26)24(3)21)15(12)11-28-18-9-8-14(10-16(18)20)13(2)23-27-4/h5-10H,11,21-22H2,1-4H3. The van der Waals surface area contributed by atoms with Crippen LogP contribution in [0, 0.1) is 6.92 Å². The van der Waals surface area contributed by atoms with Crippen molar-refractivity contribution in [2.75, 3.05) is 19.2 Å². The fourth-order valence-electron chi connectivity index (χ4n) is 2.56. The number of oxime groups is 1. The normalized spacial score (nSPS) is 11.2. The van der Waals surface area contributed by atoms with Crippen LogP contribution in [0.4, 0.5) is 10.5 Å². The number of hydrazine groups is 2. The maximum absolute atomic E-state index is 12.1. The van der Waals surface area contributed by atoms with E-state index in [9.17, 15) is 4.79 Å². The SMILES string of the molecule is CON=C(C)c1ccc(OCc2c(C)cccc2N(N)C(=O)N(C)N)c(Br)c1. The predicted molar refractivity (Wildman–Crippen MR) is 113 cm³/mol. The van der Waals surface area contributed by atoms with Crippen LogP contribution in [0.5, 0.6) is 5.75 Å². The molecule has 28 heavy (non-hydrogen) atoms. The zero-order valence-corrected chi connectivity index (χ0v) is 17.9. The second kappa shape index (κ2) is 9.54. The van der Waals surface area contributed by atoms with Gasteiger partial charge in [-0.05, 0) is 59.6 Å². The van der Waals surface area contributed by atoms with Gasteiger partial charge >= 0.3 is 6.03 Å². The van der Waals surface area contributed by atoms with Gasteiger partial charge in [-0.15, -0.1) is 0 Å². The summed E-state index contributed by atoms with van der Waals surface area (Å²) in [4.78, 5) is 16.9. The van der Waals surface area contributed by atoms with Crippen LogP contribution in [0.3, 0.4) is 0 Å². The van der Waals surface area contributed by atoms with Gasteiger partial charge in [-0.2, -0.15) is 0 Å². The third kappa shape index (κ3) is 5.00. The van der Waals surface area contributed by atoms with Gasteiger partial charge in [0.05, 0.1) is 15.9 Å². The highest BCUT2D eigenvalue weighted by atomic mass is 79.9. The number of anilines is 1. The lowest BCUT2D eigenvalue weighted by Crippen LogP contribution is -2.49. The molecule has 2 rings (SSSR count). The van der Waals surface area contributed by atoms with Crippen LogP contribution in [0.25, 0.3) is 0 Å². The van der Waals surface area contributed by atoms with E-state index < -0.39 is 6.03 Å². The third-order valence-corrected chi connectivity index (χ3v) is 4.72. The number of nitrogens with two attached hydrogens (primary N) is 2. The van der Waals surface area contributed by atoms with Gasteiger partial charge in [0, 0.05) is 18.2 Å². The molecule has 0 atom stereocenters. The summed E-state index contributed by atoms with van der Waals surface area (Å²) in [5.41, 5.74) is 3.91. The molecule has 9 heteroatoms. The van der Waals surface area contributed by atoms with Crippen molar-refractivity contribution in [3.63, 3.8) is 0 Å². The maximum Gasteiger partial charge on any atom is 0.352 e. The molecule has 2 aromatic carbocycles. The molecule has 0 unspecified atom stereocenters. The van der Waals surface area contributed by atoms with Crippen molar-refractivity contribution in [3.8, 4) is 5.75 Å². The van der Waals surface area contributed by atoms with E-state index in [1.807, 2.05) is 44.2 Å². The highest BCUT2D eigenvalue weighted by Gasteiger charge is 2.19. The molecular weight excluding hydrogens is 426 g/mol. The summed E-state index contributed by atoms with van der Waals surface area (Å²) in [7, 11) is 2.94. The molecule has 0 bridgehead atoms. The average molecular weight is 450 g/mol. The summed E-state index contributed by atoms with van der Waals surface area (Å²) < 4.78 is 6.74. The Morgan fingerprint density at radius 1 is 1.25 bits per heavy atom. The summed E-state index contributed by atoms with van der Waals surface area (Å²) in [6.07, 6.45) is 0. The molecule has 2 aromatic rings. The van der Waals surface area contributed by atoms with E-state index in [4.69, 9.17) is 21.3 Å². The van der Waals surface area contributed by atoms with Gasteiger partial charge in [0.1, 0.15) is 19.5 Å². The predicted octanol–water partition coefficient (Wildman–Crippen LogP) is 3.31. The van der Waals surface area contributed by atoms with E-state index in [1.165, 1.54) is 14.2 Å². The molecule has 0 saturated heterocycles. The highest BCUT2D eigenvalue weighted by molar-refractivity contribution is 9.10. The van der Waals surface area contributed by atoms with Gasteiger partial charge in [0.25, 0.3) is 0 Å².